The number of ether oxygens (including phenoxy) is 2. The van der Waals surface area contributed by atoms with Crippen LogP contribution in [-0.2, 0) is 11.2 Å². The normalized spacial score (nSPS) is 11.1. The number of unbranched alkanes of at least 4 members (excludes halogenated alkanes) is 1. The van der Waals surface area contributed by atoms with Crippen molar-refractivity contribution in [1.82, 2.24) is 4.98 Å². The molecule has 0 fully saturated rings. The van der Waals surface area contributed by atoms with Crippen LogP contribution in [0.4, 0.5) is 20.2 Å². The molecule has 30 heavy (non-hydrogen) atoms. The molecule has 0 aliphatic rings. The monoisotopic (exact) mass is 414 g/mol. The van der Waals surface area contributed by atoms with Gasteiger partial charge in [-0.1, -0.05) is 25.5 Å². The molecule has 1 heterocycles. The average Bonchev–Trinajstić information content (AvgIpc) is 2.74. The van der Waals surface area contributed by atoms with Crippen molar-refractivity contribution in [3.05, 3.63) is 59.5 Å². The van der Waals surface area contributed by atoms with Crippen LogP contribution in [-0.4, -0.2) is 31.5 Å². The minimum absolute atomic E-state index is 0.0724. The van der Waals surface area contributed by atoms with Gasteiger partial charge in [0.2, 0.25) is 0 Å². The van der Waals surface area contributed by atoms with Crippen molar-refractivity contribution in [2.75, 3.05) is 31.8 Å². The molecule has 0 aliphatic heterocycles. The molecule has 0 bridgehead atoms. The van der Waals surface area contributed by atoms with E-state index < -0.39 is 6.67 Å². The summed E-state index contributed by atoms with van der Waals surface area (Å²) in [5.74, 6) is 0.395. The van der Waals surface area contributed by atoms with E-state index in [9.17, 15) is 8.78 Å². The number of aryl methyl sites for hydroxylation is 2. The Morgan fingerprint density at radius 1 is 1.10 bits per heavy atom. The Morgan fingerprint density at radius 2 is 1.97 bits per heavy atom. The second kappa shape index (κ2) is 10.9. The number of rotatable bonds is 11. The maximum absolute atomic E-state index is 13.5. The lowest BCUT2D eigenvalue weighted by Gasteiger charge is -2.18. The Balaban J connectivity index is 1.95. The zero-order valence-electron chi connectivity index (χ0n) is 17.5. The Labute approximate surface area is 176 Å². The van der Waals surface area contributed by atoms with Crippen molar-refractivity contribution in [3.63, 3.8) is 0 Å². The van der Waals surface area contributed by atoms with Crippen LogP contribution < -0.4 is 10.1 Å². The van der Waals surface area contributed by atoms with Gasteiger partial charge in [0, 0.05) is 17.3 Å². The van der Waals surface area contributed by atoms with Crippen LogP contribution in [0.2, 0.25) is 0 Å². The number of alkyl halides is 1. The molecular weight excluding hydrogens is 386 g/mol. The van der Waals surface area contributed by atoms with E-state index >= 15 is 0 Å². The zero-order chi connectivity index (χ0) is 21.3. The Morgan fingerprint density at radius 3 is 2.73 bits per heavy atom. The van der Waals surface area contributed by atoms with Gasteiger partial charge in [-0.05, 0) is 55.2 Å². The molecule has 1 aromatic heterocycles. The molecule has 4 nitrogen and oxygen atoms in total. The number of pyridine rings is 1. The van der Waals surface area contributed by atoms with Gasteiger partial charge in [0.25, 0.3) is 0 Å². The topological polar surface area (TPSA) is 43.4 Å². The fourth-order valence-electron chi connectivity index (χ4n) is 3.33. The fraction of sp³-hybridized carbons (Fsp3) is 0.375. The number of anilines is 2. The number of para-hydroxylation sites is 1. The molecule has 3 rings (SSSR count). The third kappa shape index (κ3) is 5.45. The van der Waals surface area contributed by atoms with Gasteiger partial charge in [0.15, 0.2) is 0 Å². The summed E-state index contributed by atoms with van der Waals surface area (Å²) in [4.78, 5) is 4.66. The highest BCUT2D eigenvalue weighted by molar-refractivity contribution is 5.97. The van der Waals surface area contributed by atoms with E-state index in [1.54, 1.807) is 6.07 Å². The van der Waals surface area contributed by atoms with Crippen LogP contribution in [0.5, 0.6) is 5.75 Å². The van der Waals surface area contributed by atoms with E-state index in [0.29, 0.717) is 19.0 Å². The maximum atomic E-state index is 13.5. The minimum atomic E-state index is -0.506. The van der Waals surface area contributed by atoms with Gasteiger partial charge in [0.05, 0.1) is 18.9 Å². The second-order valence-corrected chi connectivity index (χ2v) is 7.15. The average molecular weight is 414 g/mol. The molecule has 0 saturated heterocycles. The molecule has 0 amide bonds. The van der Waals surface area contributed by atoms with E-state index in [0.717, 1.165) is 52.7 Å². The summed E-state index contributed by atoms with van der Waals surface area (Å²) in [6.07, 6.45) is 4.90. The molecule has 0 aliphatic carbocycles. The lowest BCUT2D eigenvalue weighted by Crippen LogP contribution is -2.09. The molecule has 6 heteroatoms. The SMILES string of the molecule is CCCCc1cnc2c(OCCOCCF)cccc2c1Nc1ccc(F)cc1C. The molecule has 0 unspecified atom stereocenters. The third-order valence-electron chi connectivity index (χ3n) is 4.89. The van der Waals surface area contributed by atoms with E-state index in [1.807, 2.05) is 31.3 Å². The van der Waals surface area contributed by atoms with Gasteiger partial charge in [-0.15, -0.1) is 0 Å². The van der Waals surface area contributed by atoms with Crippen molar-refractivity contribution < 1.29 is 18.3 Å². The first-order valence-corrected chi connectivity index (χ1v) is 10.3. The highest BCUT2D eigenvalue weighted by Gasteiger charge is 2.14. The first-order valence-electron chi connectivity index (χ1n) is 10.3. The highest BCUT2D eigenvalue weighted by atomic mass is 19.1. The number of nitrogens with zero attached hydrogens (tertiary/aromatic N) is 1. The number of hydrogen-bond donors (Lipinski definition) is 1. The van der Waals surface area contributed by atoms with Crippen LogP contribution >= 0.6 is 0 Å². The number of nitrogens with one attached hydrogen (secondary N) is 1. The van der Waals surface area contributed by atoms with Crippen molar-refractivity contribution in [3.8, 4) is 5.75 Å². The number of halogens is 2. The molecule has 0 saturated carbocycles. The number of fused-ring (bicyclic) bond motifs is 1. The van der Waals surface area contributed by atoms with Crippen LogP contribution in [0.25, 0.3) is 10.9 Å². The predicted octanol–water partition coefficient (Wildman–Crippen LogP) is 6.13. The van der Waals surface area contributed by atoms with Crippen LogP contribution in [0.3, 0.4) is 0 Å². The molecule has 2 aromatic carbocycles. The van der Waals surface area contributed by atoms with Gasteiger partial charge in [-0.25, -0.2) is 8.78 Å². The number of benzene rings is 2. The van der Waals surface area contributed by atoms with Crippen molar-refractivity contribution in [2.45, 2.75) is 33.1 Å². The first kappa shape index (κ1) is 22.0. The fourth-order valence-corrected chi connectivity index (χ4v) is 3.33. The number of aromatic nitrogens is 1. The lowest BCUT2D eigenvalue weighted by atomic mass is 10.0. The summed E-state index contributed by atoms with van der Waals surface area (Å²) in [5, 5.41) is 4.44. The van der Waals surface area contributed by atoms with E-state index in [2.05, 4.69) is 17.2 Å². The van der Waals surface area contributed by atoms with Gasteiger partial charge in [0.1, 0.15) is 30.4 Å². The van der Waals surface area contributed by atoms with Gasteiger partial charge < -0.3 is 14.8 Å². The standard InChI is InChI=1S/C24H28F2N2O2/c1-3-4-6-18-16-27-24-20(7-5-8-22(24)30-14-13-29-12-11-25)23(18)28-21-10-9-19(26)15-17(21)2/h5,7-10,15-16H,3-4,6,11-14H2,1-2H3,(H,27,28). The Bertz CT molecular complexity index is 979. The van der Waals surface area contributed by atoms with Crippen molar-refractivity contribution in [1.29, 1.82) is 0 Å². The molecule has 1 N–H and O–H groups in total. The lowest BCUT2D eigenvalue weighted by molar-refractivity contribution is 0.0901. The van der Waals surface area contributed by atoms with E-state index in [4.69, 9.17) is 9.47 Å². The molecule has 0 spiro atoms. The van der Waals surface area contributed by atoms with Crippen LogP contribution in [0.1, 0.15) is 30.9 Å². The summed E-state index contributed by atoms with van der Waals surface area (Å²) in [6.45, 7) is 4.24. The molecule has 3 aromatic rings. The number of hydrogen-bond acceptors (Lipinski definition) is 4. The summed E-state index contributed by atoms with van der Waals surface area (Å²) < 4.78 is 36.7. The van der Waals surface area contributed by atoms with Gasteiger partial charge in [-0.2, -0.15) is 0 Å². The maximum Gasteiger partial charge on any atom is 0.145 e. The molecular formula is C24H28F2N2O2. The van der Waals surface area contributed by atoms with Gasteiger partial charge >= 0.3 is 0 Å². The zero-order valence-corrected chi connectivity index (χ0v) is 17.5. The highest BCUT2D eigenvalue weighted by Crippen LogP contribution is 2.35. The summed E-state index contributed by atoms with van der Waals surface area (Å²) in [7, 11) is 0. The first-order chi connectivity index (χ1) is 14.6. The quantitative estimate of drug-likeness (QED) is 0.383. The molecule has 0 atom stereocenters. The Hall–Kier alpha value is -2.73. The Kier molecular flexibility index (Phi) is 7.97. The summed E-state index contributed by atoms with van der Waals surface area (Å²) in [5.41, 5.74) is 4.50. The van der Waals surface area contributed by atoms with Crippen LogP contribution in [0, 0.1) is 12.7 Å². The summed E-state index contributed by atoms with van der Waals surface area (Å²) in [6, 6.07) is 10.5. The predicted molar refractivity (Wildman–Crippen MR) is 117 cm³/mol. The third-order valence-corrected chi connectivity index (χ3v) is 4.89. The molecule has 0 radical (unpaired) electrons. The largest absolute Gasteiger partial charge is 0.489 e. The van der Waals surface area contributed by atoms with Crippen molar-refractivity contribution in [2.24, 2.45) is 0 Å². The van der Waals surface area contributed by atoms with Crippen LogP contribution in [0.15, 0.2) is 42.6 Å². The van der Waals surface area contributed by atoms with E-state index in [-0.39, 0.29) is 12.4 Å². The van der Waals surface area contributed by atoms with E-state index in [1.165, 1.54) is 12.1 Å². The smallest absolute Gasteiger partial charge is 0.145 e. The summed E-state index contributed by atoms with van der Waals surface area (Å²) >= 11 is 0. The van der Waals surface area contributed by atoms with Crippen molar-refractivity contribution >= 4 is 22.3 Å². The van der Waals surface area contributed by atoms with Gasteiger partial charge in [-0.3, -0.25) is 4.98 Å². The minimum Gasteiger partial charge on any atom is -0.489 e. The molecule has 160 valence electrons. The second-order valence-electron chi connectivity index (χ2n) is 7.15.